The molecule has 3 nitrogen and oxygen atoms in total. The van der Waals surface area contributed by atoms with E-state index in [4.69, 9.17) is 0 Å². The summed E-state index contributed by atoms with van der Waals surface area (Å²) in [7, 11) is 0. The zero-order valence-corrected chi connectivity index (χ0v) is 15.8. The van der Waals surface area contributed by atoms with E-state index < -0.39 is 0 Å². The number of halogens is 1. The van der Waals surface area contributed by atoms with Gasteiger partial charge in [0.15, 0.2) is 0 Å². The molecule has 1 saturated heterocycles. The number of amides is 1. The Kier molecular flexibility index (Phi) is 5.24. The lowest BCUT2D eigenvalue weighted by Gasteiger charge is -2.37. The van der Waals surface area contributed by atoms with Gasteiger partial charge in [-0.25, -0.2) is 0 Å². The van der Waals surface area contributed by atoms with Gasteiger partial charge >= 0.3 is 0 Å². The number of carbonyl (C=O) groups excluding carboxylic acids is 1. The van der Waals surface area contributed by atoms with Crippen molar-refractivity contribution in [2.75, 3.05) is 31.1 Å². The summed E-state index contributed by atoms with van der Waals surface area (Å²) in [6.45, 7) is 7.72. The Balaban J connectivity index is 1.71. The Morgan fingerprint density at radius 1 is 0.958 bits per heavy atom. The number of benzene rings is 2. The number of para-hydroxylation sites is 1. The Morgan fingerprint density at radius 3 is 2.25 bits per heavy atom. The topological polar surface area (TPSA) is 23.6 Å². The van der Waals surface area contributed by atoms with Crippen LogP contribution in [0.15, 0.2) is 53.0 Å². The Morgan fingerprint density at radius 2 is 1.58 bits per heavy atom. The van der Waals surface area contributed by atoms with Gasteiger partial charge in [0.1, 0.15) is 0 Å². The molecule has 0 atom stereocenters. The van der Waals surface area contributed by atoms with Gasteiger partial charge in [-0.3, -0.25) is 4.79 Å². The van der Waals surface area contributed by atoms with Crippen LogP contribution in [0.2, 0.25) is 0 Å². The Bertz CT molecular complexity index is 721. The van der Waals surface area contributed by atoms with Crippen LogP contribution in [-0.2, 0) is 0 Å². The molecule has 2 aromatic rings. The Hall–Kier alpha value is -1.81. The first-order valence-corrected chi connectivity index (χ1v) is 9.25. The fourth-order valence-electron chi connectivity index (χ4n) is 3.22. The van der Waals surface area contributed by atoms with E-state index in [2.05, 4.69) is 58.9 Å². The second-order valence-electron chi connectivity index (χ2n) is 6.47. The molecule has 0 spiro atoms. The zero-order valence-electron chi connectivity index (χ0n) is 14.2. The number of piperazine rings is 1. The minimum Gasteiger partial charge on any atom is -0.368 e. The largest absolute Gasteiger partial charge is 0.368 e. The first-order chi connectivity index (χ1) is 11.6. The van der Waals surface area contributed by atoms with E-state index in [-0.39, 0.29) is 5.91 Å². The standard InChI is InChI=1S/C20H23BrN2O/c1-15(2)16-7-4-6-10-19(16)22-11-13-23(14-12-22)20(24)17-8-3-5-9-18(17)21/h3-10,15H,11-14H2,1-2H3. The van der Waals surface area contributed by atoms with Crippen LogP contribution >= 0.6 is 15.9 Å². The number of rotatable bonds is 3. The van der Waals surface area contributed by atoms with Crippen LogP contribution in [0.5, 0.6) is 0 Å². The van der Waals surface area contributed by atoms with Crippen molar-refractivity contribution >= 4 is 27.5 Å². The molecule has 0 N–H and O–H groups in total. The average Bonchev–Trinajstić information content (AvgIpc) is 2.62. The van der Waals surface area contributed by atoms with Crippen LogP contribution in [0, 0.1) is 0 Å². The van der Waals surface area contributed by atoms with E-state index in [1.807, 2.05) is 29.2 Å². The third-order valence-electron chi connectivity index (χ3n) is 4.57. The summed E-state index contributed by atoms with van der Waals surface area (Å²) >= 11 is 3.48. The highest BCUT2D eigenvalue weighted by atomic mass is 79.9. The quantitative estimate of drug-likeness (QED) is 0.772. The van der Waals surface area contributed by atoms with E-state index in [0.717, 1.165) is 36.2 Å². The normalized spacial score (nSPS) is 15.0. The molecule has 4 heteroatoms. The summed E-state index contributed by atoms with van der Waals surface area (Å²) in [6.07, 6.45) is 0. The van der Waals surface area contributed by atoms with Gasteiger partial charge in [0, 0.05) is 36.3 Å². The highest BCUT2D eigenvalue weighted by Gasteiger charge is 2.24. The first kappa shape index (κ1) is 17.0. The van der Waals surface area contributed by atoms with Crippen LogP contribution in [0.25, 0.3) is 0 Å². The van der Waals surface area contributed by atoms with Gasteiger partial charge < -0.3 is 9.80 Å². The SMILES string of the molecule is CC(C)c1ccccc1N1CCN(C(=O)c2ccccc2Br)CC1. The lowest BCUT2D eigenvalue weighted by atomic mass is 10.00. The maximum atomic E-state index is 12.7. The van der Waals surface area contributed by atoms with Crippen molar-refractivity contribution in [1.29, 1.82) is 0 Å². The molecule has 24 heavy (non-hydrogen) atoms. The summed E-state index contributed by atoms with van der Waals surface area (Å²) in [4.78, 5) is 17.1. The molecule has 126 valence electrons. The van der Waals surface area contributed by atoms with E-state index in [9.17, 15) is 4.79 Å². The van der Waals surface area contributed by atoms with E-state index >= 15 is 0 Å². The van der Waals surface area contributed by atoms with E-state index in [0.29, 0.717) is 5.92 Å². The van der Waals surface area contributed by atoms with Crippen LogP contribution < -0.4 is 4.90 Å². The molecule has 0 aliphatic carbocycles. The van der Waals surface area contributed by atoms with Crippen LogP contribution in [0.3, 0.4) is 0 Å². The second-order valence-corrected chi connectivity index (χ2v) is 7.33. The second kappa shape index (κ2) is 7.39. The highest BCUT2D eigenvalue weighted by Crippen LogP contribution is 2.28. The Labute approximate surface area is 152 Å². The number of hydrogen-bond donors (Lipinski definition) is 0. The molecule has 0 bridgehead atoms. The summed E-state index contributed by atoms with van der Waals surface area (Å²) in [5.74, 6) is 0.611. The van der Waals surface area contributed by atoms with Crippen molar-refractivity contribution in [3.05, 3.63) is 64.1 Å². The molecular formula is C20H23BrN2O. The predicted octanol–water partition coefficient (Wildman–Crippen LogP) is 4.53. The average molecular weight is 387 g/mol. The molecule has 1 aliphatic rings. The van der Waals surface area contributed by atoms with Crippen LogP contribution in [0.1, 0.15) is 35.7 Å². The molecule has 0 unspecified atom stereocenters. The van der Waals surface area contributed by atoms with Crippen molar-refractivity contribution in [3.63, 3.8) is 0 Å². The molecule has 0 radical (unpaired) electrons. The van der Waals surface area contributed by atoms with Gasteiger partial charge in [0.25, 0.3) is 5.91 Å². The maximum Gasteiger partial charge on any atom is 0.255 e. The van der Waals surface area contributed by atoms with Crippen molar-refractivity contribution in [2.45, 2.75) is 19.8 Å². The fourth-order valence-corrected chi connectivity index (χ4v) is 3.67. The third-order valence-corrected chi connectivity index (χ3v) is 5.26. The number of anilines is 1. The molecule has 0 aromatic heterocycles. The van der Waals surface area contributed by atoms with E-state index in [1.54, 1.807) is 0 Å². The number of carbonyl (C=O) groups is 1. The zero-order chi connectivity index (χ0) is 17.1. The van der Waals surface area contributed by atoms with Crippen molar-refractivity contribution in [1.82, 2.24) is 4.90 Å². The number of hydrogen-bond acceptors (Lipinski definition) is 2. The molecular weight excluding hydrogens is 364 g/mol. The summed E-state index contributed by atoms with van der Waals surface area (Å²) < 4.78 is 0.864. The highest BCUT2D eigenvalue weighted by molar-refractivity contribution is 9.10. The van der Waals surface area contributed by atoms with Gasteiger partial charge in [-0.1, -0.05) is 44.2 Å². The van der Waals surface area contributed by atoms with Crippen LogP contribution in [0.4, 0.5) is 5.69 Å². The van der Waals surface area contributed by atoms with Gasteiger partial charge in [-0.05, 0) is 45.6 Å². The molecule has 1 fully saturated rings. The molecule has 3 rings (SSSR count). The van der Waals surface area contributed by atoms with Gasteiger partial charge in [-0.2, -0.15) is 0 Å². The summed E-state index contributed by atoms with van der Waals surface area (Å²) in [5, 5.41) is 0. The summed E-state index contributed by atoms with van der Waals surface area (Å²) in [5.41, 5.74) is 3.43. The number of nitrogens with zero attached hydrogens (tertiary/aromatic N) is 2. The smallest absolute Gasteiger partial charge is 0.255 e. The summed E-state index contributed by atoms with van der Waals surface area (Å²) in [6, 6.07) is 16.2. The third kappa shape index (κ3) is 3.48. The van der Waals surface area contributed by atoms with Crippen molar-refractivity contribution in [2.24, 2.45) is 0 Å². The molecule has 1 amide bonds. The van der Waals surface area contributed by atoms with Gasteiger partial charge in [0.05, 0.1) is 5.56 Å². The van der Waals surface area contributed by atoms with Crippen molar-refractivity contribution < 1.29 is 4.79 Å². The first-order valence-electron chi connectivity index (χ1n) is 8.45. The molecule has 2 aromatic carbocycles. The molecule has 0 saturated carbocycles. The van der Waals surface area contributed by atoms with Crippen LogP contribution in [-0.4, -0.2) is 37.0 Å². The monoisotopic (exact) mass is 386 g/mol. The van der Waals surface area contributed by atoms with Crippen molar-refractivity contribution in [3.8, 4) is 0 Å². The van der Waals surface area contributed by atoms with E-state index in [1.165, 1.54) is 11.3 Å². The van der Waals surface area contributed by atoms with Gasteiger partial charge in [0.2, 0.25) is 0 Å². The minimum absolute atomic E-state index is 0.110. The van der Waals surface area contributed by atoms with Gasteiger partial charge in [-0.15, -0.1) is 0 Å². The minimum atomic E-state index is 0.110. The predicted molar refractivity (Wildman–Crippen MR) is 103 cm³/mol. The maximum absolute atomic E-state index is 12.7. The fraction of sp³-hybridized carbons (Fsp3) is 0.350. The molecule has 1 aliphatic heterocycles. The lowest BCUT2D eigenvalue weighted by Crippen LogP contribution is -2.49. The molecule has 1 heterocycles. The lowest BCUT2D eigenvalue weighted by molar-refractivity contribution is 0.0746.